The van der Waals surface area contributed by atoms with Gasteiger partial charge in [0, 0.05) is 24.8 Å². The van der Waals surface area contributed by atoms with Crippen molar-refractivity contribution in [2.45, 2.75) is 38.8 Å². The first-order valence-electron chi connectivity index (χ1n) is 7.58. The minimum Gasteiger partial charge on any atom is -0.365 e. The molecule has 2 aromatic rings. The van der Waals surface area contributed by atoms with E-state index >= 15 is 0 Å². The van der Waals surface area contributed by atoms with Gasteiger partial charge in [0.1, 0.15) is 17.8 Å². The topological polar surface area (TPSA) is 73.9 Å². The Kier molecular flexibility index (Phi) is 3.83. The van der Waals surface area contributed by atoms with E-state index in [1.807, 2.05) is 18.0 Å². The van der Waals surface area contributed by atoms with Crippen molar-refractivity contribution in [1.29, 1.82) is 0 Å². The number of nitrogens with one attached hydrogen (secondary N) is 2. The van der Waals surface area contributed by atoms with Crippen LogP contribution < -0.4 is 5.32 Å². The largest absolute Gasteiger partial charge is 0.365 e. The van der Waals surface area contributed by atoms with Crippen LogP contribution in [0.1, 0.15) is 25.3 Å². The first-order valence-corrected chi connectivity index (χ1v) is 7.58. The van der Waals surface area contributed by atoms with Crippen LogP contribution in [0.3, 0.4) is 0 Å². The maximum Gasteiger partial charge on any atom is 0.246 e. The highest BCUT2D eigenvalue weighted by molar-refractivity contribution is 5.90. The zero-order valence-corrected chi connectivity index (χ0v) is 13.0. The second kappa shape index (κ2) is 5.79. The third kappa shape index (κ3) is 2.56. The number of piperidine rings is 1. The number of aromatic amines is 1. The van der Waals surface area contributed by atoms with Crippen LogP contribution in [0.2, 0.25) is 0 Å². The van der Waals surface area contributed by atoms with Gasteiger partial charge >= 0.3 is 0 Å². The van der Waals surface area contributed by atoms with Crippen molar-refractivity contribution in [1.82, 2.24) is 19.9 Å². The number of aromatic nitrogens is 3. The highest BCUT2D eigenvalue weighted by Crippen LogP contribution is 2.25. The van der Waals surface area contributed by atoms with Gasteiger partial charge in [0.2, 0.25) is 5.91 Å². The summed E-state index contributed by atoms with van der Waals surface area (Å²) in [5, 5.41) is 4.50. The van der Waals surface area contributed by atoms with Gasteiger partial charge in [0.15, 0.2) is 0 Å². The summed E-state index contributed by atoms with van der Waals surface area (Å²) < 4.78 is 0. The van der Waals surface area contributed by atoms with Gasteiger partial charge in [-0.1, -0.05) is 6.58 Å². The van der Waals surface area contributed by atoms with Crippen LogP contribution in [0, 0.1) is 6.92 Å². The van der Waals surface area contributed by atoms with Crippen molar-refractivity contribution in [2.24, 2.45) is 0 Å². The quantitative estimate of drug-likeness (QED) is 0.853. The van der Waals surface area contributed by atoms with Crippen molar-refractivity contribution in [3.8, 4) is 0 Å². The zero-order chi connectivity index (χ0) is 15.7. The fourth-order valence-corrected chi connectivity index (χ4v) is 3.07. The van der Waals surface area contributed by atoms with Gasteiger partial charge in [-0.25, -0.2) is 9.97 Å². The van der Waals surface area contributed by atoms with E-state index in [1.165, 1.54) is 6.08 Å². The molecule has 1 amide bonds. The predicted octanol–water partition coefficient (Wildman–Crippen LogP) is 2.24. The zero-order valence-electron chi connectivity index (χ0n) is 13.0. The number of carbonyl (C=O) groups is 1. The van der Waals surface area contributed by atoms with Crippen LogP contribution in [0.25, 0.3) is 11.0 Å². The molecule has 0 aliphatic carbocycles. The summed E-state index contributed by atoms with van der Waals surface area (Å²) in [6.45, 7) is 8.37. The van der Waals surface area contributed by atoms with Crippen LogP contribution in [0.4, 0.5) is 5.82 Å². The number of nitrogens with zero attached hydrogens (tertiary/aromatic N) is 3. The number of fused-ring (bicyclic) bond motifs is 1. The molecule has 2 atom stereocenters. The van der Waals surface area contributed by atoms with Gasteiger partial charge in [-0.15, -0.1) is 0 Å². The molecule has 2 N–H and O–H groups in total. The number of rotatable bonds is 3. The molecule has 0 aromatic carbocycles. The van der Waals surface area contributed by atoms with E-state index in [9.17, 15) is 4.79 Å². The lowest BCUT2D eigenvalue weighted by atomic mass is 9.99. The Bertz CT molecular complexity index is 708. The first-order chi connectivity index (χ1) is 10.6. The number of hydrogen-bond donors (Lipinski definition) is 2. The van der Waals surface area contributed by atoms with Crippen molar-refractivity contribution in [3.05, 3.63) is 30.7 Å². The van der Waals surface area contributed by atoms with E-state index in [1.54, 1.807) is 6.33 Å². The Morgan fingerprint density at radius 3 is 3.09 bits per heavy atom. The molecule has 1 aliphatic rings. The molecule has 22 heavy (non-hydrogen) atoms. The fourth-order valence-electron chi connectivity index (χ4n) is 3.07. The smallest absolute Gasteiger partial charge is 0.246 e. The molecule has 6 nitrogen and oxygen atoms in total. The minimum atomic E-state index is -0.00957. The summed E-state index contributed by atoms with van der Waals surface area (Å²) in [6.07, 6.45) is 6.85. The molecular formula is C16H21N5O. The Morgan fingerprint density at radius 2 is 2.32 bits per heavy atom. The van der Waals surface area contributed by atoms with Crippen molar-refractivity contribution >= 4 is 22.8 Å². The molecule has 0 saturated carbocycles. The number of likely N-dealkylation sites (tertiary alicyclic amines) is 1. The maximum absolute atomic E-state index is 11.9. The molecular weight excluding hydrogens is 278 g/mol. The van der Waals surface area contributed by atoms with E-state index in [-0.39, 0.29) is 18.0 Å². The van der Waals surface area contributed by atoms with Gasteiger partial charge < -0.3 is 15.2 Å². The molecule has 1 saturated heterocycles. The second-order valence-electron chi connectivity index (χ2n) is 5.88. The molecule has 1 fully saturated rings. The van der Waals surface area contributed by atoms with Crippen LogP contribution >= 0.6 is 0 Å². The van der Waals surface area contributed by atoms with Crippen LogP contribution in [-0.2, 0) is 4.79 Å². The lowest BCUT2D eigenvalue weighted by Gasteiger charge is -2.38. The normalized spacial score (nSPS) is 21.8. The Hall–Kier alpha value is -2.37. The van der Waals surface area contributed by atoms with Gasteiger partial charge in [0.05, 0.1) is 5.39 Å². The number of H-pyrrole nitrogens is 1. The number of carbonyl (C=O) groups excluding carboxylic acids is 1. The molecule has 1 aliphatic heterocycles. The monoisotopic (exact) mass is 299 g/mol. The standard InChI is InChI=1S/C16H21N5O/c1-4-13(22)21-8-12(6-5-11(21)3)20-16-14-10(2)7-17-15(14)18-9-19-16/h4,7,9,11-12H,1,5-6,8H2,2-3H3,(H2,17,18,19,20). The Labute approximate surface area is 129 Å². The van der Waals surface area contributed by atoms with Gasteiger partial charge in [0.25, 0.3) is 0 Å². The molecule has 2 unspecified atom stereocenters. The lowest BCUT2D eigenvalue weighted by molar-refractivity contribution is -0.129. The fraction of sp³-hybridized carbons (Fsp3) is 0.438. The third-order valence-electron chi connectivity index (χ3n) is 4.35. The molecule has 6 heteroatoms. The second-order valence-corrected chi connectivity index (χ2v) is 5.88. The summed E-state index contributed by atoms with van der Waals surface area (Å²) in [7, 11) is 0. The Morgan fingerprint density at radius 1 is 1.50 bits per heavy atom. The molecule has 0 bridgehead atoms. The molecule has 3 heterocycles. The summed E-state index contributed by atoms with van der Waals surface area (Å²) >= 11 is 0. The molecule has 0 spiro atoms. The van der Waals surface area contributed by atoms with Crippen LogP contribution in [0.15, 0.2) is 25.2 Å². The van der Waals surface area contributed by atoms with Gasteiger partial charge in [-0.3, -0.25) is 4.79 Å². The average Bonchev–Trinajstić information content (AvgIpc) is 2.91. The highest BCUT2D eigenvalue weighted by atomic mass is 16.2. The van der Waals surface area contributed by atoms with Crippen molar-refractivity contribution < 1.29 is 4.79 Å². The van der Waals surface area contributed by atoms with Gasteiger partial charge in [-0.2, -0.15) is 0 Å². The molecule has 0 radical (unpaired) electrons. The number of anilines is 1. The molecule has 116 valence electrons. The highest BCUT2D eigenvalue weighted by Gasteiger charge is 2.28. The van der Waals surface area contributed by atoms with Crippen molar-refractivity contribution in [2.75, 3.05) is 11.9 Å². The van der Waals surface area contributed by atoms with Crippen molar-refractivity contribution in [3.63, 3.8) is 0 Å². The number of amides is 1. The minimum absolute atomic E-state index is 0.00957. The van der Waals surface area contributed by atoms with E-state index in [4.69, 9.17) is 0 Å². The van der Waals surface area contributed by atoms with E-state index in [2.05, 4.69) is 33.8 Å². The summed E-state index contributed by atoms with van der Waals surface area (Å²) in [5.74, 6) is 0.818. The van der Waals surface area contributed by atoms with Crippen LogP contribution in [0.5, 0.6) is 0 Å². The number of aryl methyl sites for hydroxylation is 1. The predicted molar refractivity (Wildman–Crippen MR) is 86.6 cm³/mol. The SMILES string of the molecule is C=CC(=O)N1CC(Nc2ncnc3[nH]cc(C)c23)CCC1C. The Balaban J connectivity index is 1.81. The van der Waals surface area contributed by atoms with Gasteiger partial charge in [-0.05, 0) is 38.3 Å². The summed E-state index contributed by atoms with van der Waals surface area (Å²) in [5.41, 5.74) is 1.94. The molecule has 3 rings (SSSR count). The first kappa shape index (κ1) is 14.6. The average molecular weight is 299 g/mol. The van der Waals surface area contributed by atoms with E-state index < -0.39 is 0 Å². The van der Waals surface area contributed by atoms with E-state index in [0.717, 1.165) is 35.3 Å². The maximum atomic E-state index is 11.9. The van der Waals surface area contributed by atoms with Crippen LogP contribution in [-0.4, -0.2) is 44.4 Å². The third-order valence-corrected chi connectivity index (χ3v) is 4.35. The summed E-state index contributed by atoms with van der Waals surface area (Å²) in [4.78, 5) is 25.6. The number of hydrogen-bond acceptors (Lipinski definition) is 4. The summed E-state index contributed by atoms with van der Waals surface area (Å²) in [6, 6.07) is 0.440. The lowest BCUT2D eigenvalue weighted by Crippen LogP contribution is -2.49. The molecule has 2 aromatic heterocycles. The van der Waals surface area contributed by atoms with E-state index in [0.29, 0.717) is 6.54 Å².